The predicted octanol–water partition coefficient (Wildman–Crippen LogP) is 3.85. The SMILES string of the molecule is Cc1noc(C)c1C(=O)Nc1cccc(COc2ccc3c(c2)OCO3)c1. The average molecular weight is 366 g/mol. The molecule has 0 saturated carbocycles. The lowest BCUT2D eigenvalue weighted by molar-refractivity contribution is 0.102. The van der Waals surface area contributed by atoms with Gasteiger partial charge >= 0.3 is 0 Å². The number of fused-ring (bicyclic) bond motifs is 1. The van der Waals surface area contributed by atoms with E-state index < -0.39 is 0 Å². The Kier molecular flexibility index (Phi) is 4.42. The van der Waals surface area contributed by atoms with Crippen molar-refractivity contribution in [1.82, 2.24) is 5.16 Å². The van der Waals surface area contributed by atoms with Crippen molar-refractivity contribution in [3.63, 3.8) is 0 Å². The summed E-state index contributed by atoms with van der Waals surface area (Å²) in [4.78, 5) is 12.4. The molecule has 1 N–H and O–H groups in total. The Hall–Kier alpha value is -3.48. The van der Waals surface area contributed by atoms with Crippen LogP contribution in [-0.4, -0.2) is 17.9 Å². The van der Waals surface area contributed by atoms with Crippen LogP contribution >= 0.6 is 0 Å². The lowest BCUT2D eigenvalue weighted by Gasteiger charge is -2.09. The number of carbonyl (C=O) groups is 1. The van der Waals surface area contributed by atoms with Crippen molar-refractivity contribution in [3.05, 3.63) is 65.0 Å². The summed E-state index contributed by atoms with van der Waals surface area (Å²) in [6.45, 7) is 4.03. The first-order valence-corrected chi connectivity index (χ1v) is 8.46. The van der Waals surface area contributed by atoms with E-state index >= 15 is 0 Å². The smallest absolute Gasteiger partial charge is 0.261 e. The Labute approximate surface area is 155 Å². The molecule has 7 nitrogen and oxygen atoms in total. The van der Waals surface area contributed by atoms with Crippen LogP contribution in [0.3, 0.4) is 0 Å². The van der Waals surface area contributed by atoms with E-state index in [1.54, 1.807) is 19.9 Å². The van der Waals surface area contributed by atoms with Gasteiger partial charge in [0.15, 0.2) is 11.5 Å². The molecule has 0 atom stereocenters. The second-order valence-corrected chi connectivity index (χ2v) is 6.16. The van der Waals surface area contributed by atoms with Crippen molar-refractivity contribution in [2.24, 2.45) is 0 Å². The van der Waals surface area contributed by atoms with Crippen molar-refractivity contribution < 1.29 is 23.5 Å². The molecule has 2 aromatic carbocycles. The van der Waals surface area contributed by atoms with Crippen molar-refractivity contribution in [1.29, 1.82) is 0 Å². The van der Waals surface area contributed by atoms with Crippen molar-refractivity contribution >= 4 is 11.6 Å². The van der Waals surface area contributed by atoms with Gasteiger partial charge in [-0.1, -0.05) is 17.3 Å². The molecule has 1 aliphatic rings. The summed E-state index contributed by atoms with van der Waals surface area (Å²) >= 11 is 0. The molecule has 0 unspecified atom stereocenters. The molecule has 0 aliphatic carbocycles. The molecule has 0 fully saturated rings. The third kappa shape index (κ3) is 3.57. The largest absolute Gasteiger partial charge is 0.489 e. The predicted molar refractivity (Wildman–Crippen MR) is 97.3 cm³/mol. The molecule has 7 heteroatoms. The number of benzene rings is 2. The molecular formula is C20H18N2O5. The van der Waals surface area contributed by atoms with Crippen LogP contribution in [0.2, 0.25) is 0 Å². The van der Waals surface area contributed by atoms with E-state index in [0.29, 0.717) is 46.6 Å². The zero-order chi connectivity index (χ0) is 18.8. The van der Waals surface area contributed by atoms with E-state index in [4.69, 9.17) is 18.7 Å². The third-order valence-electron chi connectivity index (χ3n) is 4.19. The Bertz CT molecular complexity index is 976. The van der Waals surface area contributed by atoms with Gasteiger partial charge < -0.3 is 24.1 Å². The summed E-state index contributed by atoms with van der Waals surface area (Å²) in [7, 11) is 0. The second kappa shape index (κ2) is 7.03. The van der Waals surface area contributed by atoms with E-state index in [9.17, 15) is 4.79 Å². The molecular weight excluding hydrogens is 348 g/mol. The van der Waals surface area contributed by atoms with Crippen molar-refractivity contribution in [3.8, 4) is 17.2 Å². The first-order chi connectivity index (χ1) is 13.1. The standard InChI is InChI=1S/C20H18N2O5/c1-12-19(13(2)27-22-12)20(23)21-15-5-3-4-14(8-15)10-24-16-6-7-17-18(9-16)26-11-25-17/h3-9H,10-11H2,1-2H3,(H,21,23). The molecule has 0 radical (unpaired) electrons. The van der Waals surface area contributed by atoms with Gasteiger partial charge in [0.1, 0.15) is 23.7 Å². The number of ether oxygens (including phenoxy) is 3. The first kappa shape index (κ1) is 17.0. The van der Waals surface area contributed by atoms with Gasteiger partial charge in [-0.2, -0.15) is 0 Å². The Balaban J connectivity index is 1.42. The van der Waals surface area contributed by atoms with Gasteiger partial charge in [-0.25, -0.2) is 0 Å². The normalized spacial score (nSPS) is 12.1. The zero-order valence-electron chi connectivity index (χ0n) is 14.9. The highest BCUT2D eigenvalue weighted by molar-refractivity contribution is 6.05. The fourth-order valence-corrected chi connectivity index (χ4v) is 2.87. The Morgan fingerprint density at radius 2 is 2.00 bits per heavy atom. The fraction of sp³-hybridized carbons (Fsp3) is 0.200. The molecule has 2 heterocycles. The van der Waals surface area contributed by atoms with E-state index in [1.165, 1.54) is 0 Å². The highest BCUT2D eigenvalue weighted by Gasteiger charge is 2.17. The van der Waals surface area contributed by atoms with Crippen LogP contribution in [0, 0.1) is 13.8 Å². The molecule has 0 spiro atoms. The molecule has 1 aliphatic heterocycles. The maximum absolute atomic E-state index is 12.4. The highest BCUT2D eigenvalue weighted by Crippen LogP contribution is 2.35. The maximum Gasteiger partial charge on any atom is 0.261 e. The number of aromatic nitrogens is 1. The number of nitrogens with zero attached hydrogens (tertiary/aromatic N) is 1. The molecule has 4 rings (SSSR count). The quantitative estimate of drug-likeness (QED) is 0.738. The van der Waals surface area contributed by atoms with Gasteiger partial charge in [0.25, 0.3) is 5.91 Å². The molecule has 0 saturated heterocycles. The summed E-state index contributed by atoms with van der Waals surface area (Å²) in [6, 6.07) is 12.9. The number of carbonyl (C=O) groups excluding carboxylic acids is 1. The van der Waals surface area contributed by atoms with Gasteiger partial charge in [-0.3, -0.25) is 4.79 Å². The van der Waals surface area contributed by atoms with Crippen LogP contribution in [0.25, 0.3) is 0 Å². The van der Waals surface area contributed by atoms with E-state index in [2.05, 4.69) is 10.5 Å². The van der Waals surface area contributed by atoms with Crippen LogP contribution in [0.4, 0.5) is 5.69 Å². The number of rotatable bonds is 5. The number of amides is 1. The summed E-state index contributed by atoms with van der Waals surface area (Å²) in [6.07, 6.45) is 0. The Morgan fingerprint density at radius 3 is 2.81 bits per heavy atom. The zero-order valence-corrected chi connectivity index (χ0v) is 14.9. The lowest BCUT2D eigenvalue weighted by atomic mass is 10.1. The first-order valence-electron chi connectivity index (χ1n) is 8.46. The van der Waals surface area contributed by atoms with Crippen LogP contribution in [0.15, 0.2) is 47.0 Å². The second-order valence-electron chi connectivity index (χ2n) is 6.16. The summed E-state index contributed by atoms with van der Waals surface area (Å²) in [5.74, 6) is 2.32. The topological polar surface area (TPSA) is 82.8 Å². The maximum atomic E-state index is 12.4. The van der Waals surface area contributed by atoms with E-state index in [0.717, 1.165) is 5.56 Å². The van der Waals surface area contributed by atoms with Gasteiger partial charge in [0.2, 0.25) is 6.79 Å². The van der Waals surface area contributed by atoms with Gasteiger partial charge in [-0.15, -0.1) is 0 Å². The van der Waals surface area contributed by atoms with Crippen molar-refractivity contribution in [2.75, 3.05) is 12.1 Å². The lowest BCUT2D eigenvalue weighted by Crippen LogP contribution is -2.13. The van der Waals surface area contributed by atoms with E-state index in [1.807, 2.05) is 36.4 Å². The molecule has 3 aromatic rings. The van der Waals surface area contributed by atoms with Gasteiger partial charge in [0, 0.05) is 11.8 Å². The molecule has 138 valence electrons. The molecule has 1 aromatic heterocycles. The summed E-state index contributed by atoms with van der Waals surface area (Å²) in [5, 5.41) is 6.68. The number of nitrogens with one attached hydrogen (secondary N) is 1. The van der Waals surface area contributed by atoms with Crippen LogP contribution in [-0.2, 0) is 6.61 Å². The number of hydrogen-bond donors (Lipinski definition) is 1. The monoisotopic (exact) mass is 366 g/mol. The van der Waals surface area contributed by atoms with Gasteiger partial charge in [-0.05, 0) is 43.7 Å². The minimum atomic E-state index is -0.250. The fourth-order valence-electron chi connectivity index (χ4n) is 2.87. The highest BCUT2D eigenvalue weighted by atomic mass is 16.7. The molecule has 1 amide bonds. The average Bonchev–Trinajstić information content (AvgIpc) is 3.26. The summed E-state index contributed by atoms with van der Waals surface area (Å²) in [5.41, 5.74) is 2.61. The third-order valence-corrected chi connectivity index (χ3v) is 4.19. The van der Waals surface area contributed by atoms with Crippen molar-refractivity contribution in [2.45, 2.75) is 20.5 Å². The number of hydrogen-bond acceptors (Lipinski definition) is 6. The van der Waals surface area contributed by atoms with Crippen LogP contribution in [0.1, 0.15) is 27.4 Å². The Morgan fingerprint density at radius 1 is 1.15 bits per heavy atom. The summed E-state index contributed by atoms with van der Waals surface area (Å²) < 4.78 is 21.5. The molecule has 0 bridgehead atoms. The van der Waals surface area contributed by atoms with E-state index in [-0.39, 0.29) is 12.7 Å². The minimum absolute atomic E-state index is 0.228. The van der Waals surface area contributed by atoms with Crippen LogP contribution in [0.5, 0.6) is 17.2 Å². The number of aryl methyl sites for hydroxylation is 2. The van der Waals surface area contributed by atoms with Gasteiger partial charge in [0.05, 0.1) is 5.69 Å². The molecule has 27 heavy (non-hydrogen) atoms. The van der Waals surface area contributed by atoms with Crippen LogP contribution < -0.4 is 19.5 Å². The number of anilines is 1. The minimum Gasteiger partial charge on any atom is -0.489 e.